The molecule has 0 saturated heterocycles. The first kappa shape index (κ1) is 11.3. The highest BCUT2D eigenvalue weighted by Crippen LogP contribution is 2.20. The van der Waals surface area contributed by atoms with E-state index in [1.54, 1.807) is 24.4 Å². The SMILES string of the molecule is Cc1cnc(NN)nc1Nc1ccccc1F. The minimum atomic E-state index is -0.340. The molecule has 1 heterocycles. The molecule has 17 heavy (non-hydrogen) atoms. The second-order valence-corrected chi connectivity index (χ2v) is 3.47. The van der Waals surface area contributed by atoms with Gasteiger partial charge in [0.15, 0.2) is 0 Å². The Morgan fingerprint density at radius 2 is 2.06 bits per heavy atom. The average Bonchev–Trinajstić information content (AvgIpc) is 2.35. The standard InChI is InChI=1S/C11H12FN5/c1-7-6-14-11(17-13)16-10(7)15-9-5-3-2-4-8(9)12/h2-6H,13H2,1H3,(H2,14,15,16,17). The van der Waals surface area contributed by atoms with Gasteiger partial charge in [0.25, 0.3) is 0 Å². The lowest BCUT2D eigenvalue weighted by Gasteiger charge is -2.09. The van der Waals surface area contributed by atoms with Crippen LogP contribution < -0.4 is 16.6 Å². The molecule has 2 rings (SSSR count). The number of nitrogens with zero attached hydrogens (tertiary/aromatic N) is 2. The molecule has 0 amide bonds. The van der Waals surface area contributed by atoms with Crippen molar-refractivity contribution in [1.29, 1.82) is 0 Å². The quantitative estimate of drug-likeness (QED) is 0.558. The summed E-state index contributed by atoms with van der Waals surface area (Å²) >= 11 is 0. The number of nitrogen functional groups attached to an aromatic ring is 1. The molecule has 0 saturated carbocycles. The van der Waals surface area contributed by atoms with Crippen molar-refractivity contribution in [3.63, 3.8) is 0 Å². The average molecular weight is 233 g/mol. The second kappa shape index (κ2) is 4.75. The van der Waals surface area contributed by atoms with Gasteiger partial charge in [0, 0.05) is 11.8 Å². The zero-order valence-corrected chi connectivity index (χ0v) is 9.24. The maximum absolute atomic E-state index is 13.4. The van der Waals surface area contributed by atoms with Gasteiger partial charge in [0.2, 0.25) is 5.95 Å². The van der Waals surface area contributed by atoms with Crippen LogP contribution in [-0.4, -0.2) is 9.97 Å². The van der Waals surface area contributed by atoms with Crippen LogP contribution in [0.3, 0.4) is 0 Å². The Morgan fingerprint density at radius 3 is 2.76 bits per heavy atom. The normalized spacial score (nSPS) is 10.1. The molecule has 0 aliphatic carbocycles. The van der Waals surface area contributed by atoms with E-state index >= 15 is 0 Å². The topological polar surface area (TPSA) is 75.9 Å². The number of aromatic nitrogens is 2. The third-order valence-corrected chi connectivity index (χ3v) is 2.23. The van der Waals surface area contributed by atoms with Crippen molar-refractivity contribution in [2.45, 2.75) is 6.92 Å². The largest absolute Gasteiger partial charge is 0.337 e. The highest BCUT2D eigenvalue weighted by atomic mass is 19.1. The Balaban J connectivity index is 2.32. The van der Waals surface area contributed by atoms with Crippen LogP contribution in [0.4, 0.5) is 21.8 Å². The lowest BCUT2D eigenvalue weighted by atomic mass is 10.3. The van der Waals surface area contributed by atoms with E-state index in [-0.39, 0.29) is 11.8 Å². The Morgan fingerprint density at radius 1 is 1.29 bits per heavy atom. The number of nitrogens with one attached hydrogen (secondary N) is 2. The summed E-state index contributed by atoms with van der Waals surface area (Å²) < 4.78 is 13.4. The number of para-hydroxylation sites is 1. The summed E-state index contributed by atoms with van der Waals surface area (Å²) in [5, 5.41) is 2.89. The molecule has 4 N–H and O–H groups in total. The number of nitrogens with two attached hydrogens (primary N) is 1. The minimum Gasteiger partial charge on any atom is -0.337 e. The molecular weight excluding hydrogens is 221 g/mol. The number of rotatable bonds is 3. The molecule has 1 aromatic heterocycles. The van der Waals surface area contributed by atoms with Crippen molar-refractivity contribution >= 4 is 17.5 Å². The summed E-state index contributed by atoms with van der Waals surface area (Å²) in [6, 6.07) is 6.37. The van der Waals surface area contributed by atoms with E-state index in [1.807, 2.05) is 6.92 Å². The van der Waals surface area contributed by atoms with Crippen molar-refractivity contribution < 1.29 is 4.39 Å². The fourth-order valence-corrected chi connectivity index (χ4v) is 1.33. The van der Waals surface area contributed by atoms with Gasteiger partial charge in [-0.3, -0.25) is 5.43 Å². The van der Waals surface area contributed by atoms with Crippen LogP contribution in [0.5, 0.6) is 0 Å². The fraction of sp³-hybridized carbons (Fsp3) is 0.0909. The Kier molecular flexibility index (Phi) is 3.15. The molecule has 0 fully saturated rings. The van der Waals surface area contributed by atoms with Crippen molar-refractivity contribution in [3.8, 4) is 0 Å². The van der Waals surface area contributed by atoms with E-state index in [2.05, 4.69) is 20.7 Å². The number of anilines is 3. The maximum Gasteiger partial charge on any atom is 0.239 e. The molecule has 0 unspecified atom stereocenters. The van der Waals surface area contributed by atoms with Gasteiger partial charge in [-0.25, -0.2) is 15.2 Å². The molecule has 0 aliphatic heterocycles. The van der Waals surface area contributed by atoms with Crippen LogP contribution in [0, 0.1) is 12.7 Å². The minimum absolute atomic E-state index is 0.273. The highest BCUT2D eigenvalue weighted by Gasteiger charge is 2.06. The maximum atomic E-state index is 13.4. The Hall–Kier alpha value is -2.21. The van der Waals surface area contributed by atoms with Crippen LogP contribution in [-0.2, 0) is 0 Å². The van der Waals surface area contributed by atoms with Gasteiger partial charge in [-0.2, -0.15) is 4.98 Å². The lowest BCUT2D eigenvalue weighted by Crippen LogP contribution is -2.11. The predicted molar refractivity (Wildman–Crippen MR) is 64.3 cm³/mol. The summed E-state index contributed by atoms with van der Waals surface area (Å²) in [7, 11) is 0. The van der Waals surface area contributed by atoms with E-state index in [0.29, 0.717) is 11.5 Å². The molecule has 0 spiro atoms. The number of aryl methyl sites for hydroxylation is 1. The van der Waals surface area contributed by atoms with Crippen LogP contribution in [0.2, 0.25) is 0 Å². The lowest BCUT2D eigenvalue weighted by molar-refractivity contribution is 0.632. The van der Waals surface area contributed by atoms with E-state index in [1.165, 1.54) is 6.07 Å². The Bertz CT molecular complexity index is 529. The molecule has 0 atom stereocenters. The molecule has 1 aromatic carbocycles. The smallest absolute Gasteiger partial charge is 0.239 e. The first-order valence-electron chi connectivity index (χ1n) is 5.02. The van der Waals surface area contributed by atoms with Gasteiger partial charge >= 0.3 is 0 Å². The zero-order chi connectivity index (χ0) is 12.3. The molecule has 0 bridgehead atoms. The third kappa shape index (κ3) is 2.48. The number of halogens is 1. The number of hydrazine groups is 1. The van der Waals surface area contributed by atoms with Gasteiger partial charge in [-0.1, -0.05) is 12.1 Å². The summed E-state index contributed by atoms with van der Waals surface area (Å²) in [6.07, 6.45) is 1.60. The number of benzene rings is 1. The van der Waals surface area contributed by atoms with Gasteiger partial charge in [-0.15, -0.1) is 0 Å². The summed E-state index contributed by atoms with van der Waals surface area (Å²) in [4.78, 5) is 8.04. The van der Waals surface area contributed by atoms with Crippen molar-refractivity contribution in [2.24, 2.45) is 5.84 Å². The van der Waals surface area contributed by atoms with Crippen LogP contribution in [0.15, 0.2) is 30.5 Å². The molecule has 0 radical (unpaired) electrons. The van der Waals surface area contributed by atoms with Crippen LogP contribution in [0.1, 0.15) is 5.56 Å². The molecule has 5 nitrogen and oxygen atoms in total. The van der Waals surface area contributed by atoms with Crippen molar-refractivity contribution in [2.75, 3.05) is 10.7 Å². The molecule has 88 valence electrons. The third-order valence-electron chi connectivity index (χ3n) is 2.23. The molecular formula is C11H12FN5. The van der Waals surface area contributed by atoms with Crippen molar-refractivity contribution in [1.82, 2.24) is 9.97 Å². The number of hydrogen-bond donors (Lipinski definition) is 3. The van der Waals surface area contributed by atoms with Gasteiger partial charge in [-0.05, 0) is 19.1 Å². The summed E-state index contributed by atoms with van der Waals surface area (Å²) in [5.74, 6) is 5.66. The van der Waals surface area contributed by atoms with Gasteiger partial charge in [0.1, 0.15) is 11.6 Å². The van der Waals surface area contributed by atoms with Crippen LogP contribution in [0.25, 0.3) is 0 Å². The Labute approximate surface area is 97.9 Å². The zero-order valence-electron chi connectivity index (χ0n) is 9.24. The monoisotopic (exact) mass is 233 g/mol. The number of hydrogen-bond acceptors (Lipinski definition) is 5. The van der Waals surface area contributed by atoms with E-state index in [9.17, 15) is 4.39 Å². The van der Waals surface area contributed by atoms with E-state index < -0.39 is 0 Å². The first-order valence-corrected chi connectivity index (χ1v) is 5.02. The van der Waals surface area contributed by atoms with Crippen LogP contribution >= 0.6 is 0 Å². The van der Waals surface area contributed by atoms with Gasteiger partial charge < -0.3 is 5.32 Å². The van der Waals surface area contributed by atoms with Crippen molar-refractivity contribution in [3.05, 3.63) is 41.8 Å². The highest BCUT2D eigenvalue weighted by molar-refractivity contribution is 5.60. The van der Waals surface area contributed by atoms with E-state index in [0.717, 1.165) is 5.56 Å². The fourth-order valence-electron chi connectivity index (χ4n) is 1.33. The predicted octanol–water partition coefficient (Wildman–Crippen LogP) is 1.95. The molecule has 2 aromatic rings. The summed E-state index contributed by atoms with van der Waals surface area (Å²) in [5.41, 5.74) is 3.50. The summed E-state index contributed by atoms with van der Waals surface area (Å²) in [6.45, 7) is 1.82. The molecule has 6 heteroatoms. The van der Waals surface area contributed by atoms with E-state index in [4.69, 9.17) is 5.84 Å². The molecule has 0 aliphatic rings. The first-order chi connectivity index (χ1) is 8.20. The van der Waals surface area contributed by atoms with Gasteiger partial charge in [0.05, 0.1) is 5.69 Å². The second-order valence-electron chi connectivity index (χ2n) is 3.47.